The molecule has 1 unspecified atom stereocenters. The third kappa shape index (κ3) is 3.18. The van der Waals surface area contributed by atoms with Gasteiger partial charge in [-0.1, -0.05) is 0 Å². The van der Waals surface area contributed by atoms with Gasteiger partial charge in [-0.3, -0.25) is 0 Å². The van der Waals surface area contributed by atoms with E-state index >= 15 is 0 Å². The average Bonchev–Trinajstić information content (AvgIpc) is 2.46. The molecule has 4 heteroatoms. The Morgan fingerprint density at radius 1 is 0.850 bits per heavy atom. The minimum atomic E-state index is -1.80. The van der Waals surface area contributed by atoms with E-state index in [2.05, 4.69) is 96.3 Å². The van der Waals surface area contributed by atoms with Gasteiger partial charge in [-0.15, -0.1) is 0 Å². The molecule has 2 rings (SSSR count). The van der Waals surface area contributed by atoms with E-state index < -0.39 is 14.1 Å². The van der Waals surface area contributed by atoms with E-state index in [1.54, 1.807) is 0 Å². The van der Waals surface area contributed by atoms with E-state index in [1.807, 2.05) is 0 Å². The molecule has 0 saturated carbocycles. The van der Waals surface area contributed by atoms with Crippen molar-refractivity contribution in [2.45, 2.75) is 23.8 Å². The van der Waals surface area contributed by atoms with Gasteiger partial charge >= 0.3 is 137 Å². The van der Waals surface area contributed by atoms with Crippen molar-refractivity contribution < 1.29 is 0 Å². The molecule has 0 aliphatic heterocycles. The second-order valence-corrected chi connectivity index (χ2v) is 19.1. The quantitative estimate of drug-likeness (QED) is 0.576. The summed E-state index contributed by atoms with van der Waals surface area (Å²) < 4.78 is 0.467. The first kappa shape index (κ1) is 16.2. The van der Waals surface area contributed by atoms with Crippen LogP contribution >= 0.6 is 6.04 Å². The van der Waals surface area contributed by atoms with E-state index in [9.17, 15) is 0 Å². The van der Waals surface area contributed by atoms with Crippen LogP contribution in [-0.4, -0.2) is 28.3 Å². The monoisotopic (exact) mass is 383 g/mol. The van der Waals surface area contributed by atoms with Crippen molar-refractivity contribution >= 4 is 52.5 Å². The first-order chi connectivity index (χ1) is 9.37. The van der Waals surface area contributed by atoms with Gasteiger partial charge in [0.05, 0.1) is 0 Å². The molecule has 0 bridgehead atoms. The number of rotatable bonds is 4. The summed E-state index contributed by atoms with van der Waals surface area (Å²) in [5, 5.41) is 2.65. The Labute approximate surface area is 136 Å². The van der Waals surface area contributed by atoms with Gasteiger partial charge in [-0.25, -0.2) is 0 Å². The summed E-state index contributed by atoms with van der Waals surface area (Å²) in [5.41, 5.74) is 0. The third-order valence-corrected chi connectivity index (χ3v) is 20.9. The Kier molecular flexibility index (Phi) is 5.10. The first-order valence-electron chi connectivity index (χ1n) is 6.73. The molecule has 0 amide bonds. The van der Waals surface area contributed by atoms with Crippen LogP contribution < -0.4 is 10.6 Å². The molecule has 1 atom stereocenters. The molecule has 0 aliphatic carbocycles. The molecule has 0 fully saturated rings. The van der Waals surface area contributed by atoms with Gasteiger partial charge in [0.1, 0.15) is 0 Å². The van der Waals surface area contributed by atoms with Gasteiger partial charge in [0.25, 0.3) is 0 Å². The summed E-state index contributed by atoms with van der Waals surface area (Å²) in [6.45, 7) is 7.21. The summed E-state index contributed by atoms with van der Waals surface area (Å²) in [4.78, 5) is 0. The van der Waals surface area contributed by atoms with Crippen molar-refractivity contribution in [3.8, 4) is 0 Å². The number of benzene rings is 2. The third-order valence-electron chi connectivity index (χ3n) is 3.35. The van der Waals surface area contributed by atoms with Crippen molar-refractivity contribution in [3.63, 3.8) is 0 Å². The van der Waals surface area contributed by atoms with Crippen molar-refractivity contribution in [1.29, 1.82) is 0 Å². The maximum atomic E-state index is 6.32. The summed E-state index contributed by atoms with van der Waals surface area (Å²) in [6.07, 6.45) is 0. The Hall–Kier alpha value is -0.174. The molecule has 0 N–H and O–H groups in total. The zero-order chi connectivity index (χ0) is 14.8. The molecule has 2 aromatic rings. The van der Waals surface area contributed by atoms with Crippen LogP contribution in [0, 0.1) is 0 Å². The predicted molar refractivity (Wildman–Crippen MR) is 99.3 cm³/mol. The Bertz CT molecular complexity index is 564. The van der Waals surface area contributed by atoms with Gasteiger partial charge in [0.15, 0.2) is 0 Å². The van der Waals surface area contributed by atoms with Crippen molar-refractivity contribution in [1.82, 2.24) is 0 Å². The maximum absolute atomic E-state index is 6.32. The van der Waals surface area contributed by atoms with Gasteiger partial charge in [0, 0.05) is 0 Å². The molecule has 2 aromatic carbocycles. The minimum absolute atomic E-state index is 0.467. The second kappa shape index (κ2) is 6.30. The SMILES string of the molecule is C[Si](C)(C)C([Se])P(=S)(c1ccccc1)c1ccccc1. The van der Waals surface area contributed by atoms with Crippen LogP contribution in [0.3, 0.4) is 0 Å². The zero-order valence-corrected chi connectivity index (χ0v) is 16.5. The summed E-state index contributed by atoms with van der Waals surface area (Å²) in [5.74, 6) is 0. The molecule has 0 spiro atoms. The molecular formula is C16H20PSSeSi. The van der Waals surface area contributed by atoms with E-state index in [4.69, 9.17) is 11.8 Å². The Balaban J connectivity index is 2.65. The van der Waals surface area contributed by atoms with Crippen LogP contribution in [0.5, 0.6) is 0 Å². The van der Waals surface area contributed by atoms with Crippen molar-refractivity contribution in [2.75, 3.05) is 0 Å². The van der Waals surface area contributed by atoms with Gasteiger partial charge in [0.2, 0.25) is 0 Å². The van der Waals surface area contributed by atoms with Crippen molar-refractivity contribution in [3.05, 3.63) is 60.7 Å². The van der Waals surface area contributed by atoms with Gasteiger partial charge in [-0.2, -0.15) is 0 Å². The second-order valence-electron chi connectivity index (χ2n) is 6.05. The van der Waals surface area contributed by atoms with Crippen LogP contribution in [-0.2, 0) is 11.8 Å². The molecule has 0 nitrogen and oxygen atoms in total. The normalized spacial score (nSPS) is 14.0. The topological polar surface area (TPSA) is 0 Å². The van der Waals surface area contributed by atoms with Crippen LogP contribution in [0.15, 0.2) is 60.7 Å². The molecule has 0 aliphatic rings. The molecule has 20 heavy (non-hydrogen) atoms. The van der Waals surface area contributed by atoms with Crippen molar-refractivity contribution in [2.24, 2.45) is 0 Å². The van der Waals surface area contributed by atoms with E-state index in [1.165, 1.54) is 10.6 Å². The molecule has 1 radical (unpaired) electrons. The summed E-state index contributed by atoms with van der Waals surface area (Å²) in [6, 6.07) is 19.6. The first-order valence-corrected chi connectivity index (χ1v) is 14.2. The van der Waals surface area contributed by atoms with Crippen LogP contribution in [0.25, 0.3) is 0 Å². The van der Waals surface area contributed by atoms with Crippen LogP contribution in [0.1, 0.15) is 0 Å². The molecule has 0 saturated heterocycles. The van der Waals surface area contributed by atoms with Gasteiger partial charge < -0.3 is 0 Å². The zero-order valence-electron chi connectivity index (χ0n) is 12.1. The molecular weight excluding hydrogens is 362 g/mol. The Morgan fingerprint density at radius 2 is 1.20 bits per heavy atom. The molecule has 0 aromatic heterocycles. The standard InChI is InChI=1S/C16H20PSSeSi/c1-20(2,3)16(19)17(18,14-10-6-4-7-11-14)15-12-8-5-9-13-15/h4-13,16H,1-3H3. The summed E-state index contributed by atoms with van der Waals surface area (Å²) >= 11 is 9.78. The fourth-order valence-corrected chi connectivity index (χ4v) is 14.7. The van der Waals surface area contributed by atoms with Crippen LogP contribution in [0.2, 0.25) is 19.6 Å². The predicted octanol–water partition coefficient (Wildman–Crippen LogP) is 3.49. The molecule has 0 heterocycles. The number of hydrogen-bond acceptors (Lipinski definition) is 1. The number of hydrogen-bond donors (Lipinski definition) is 0. The summed E-state index contributed by atoms with van der Waals surface area (Å²) in [7, 11) is -1.37. The fraction of sp³-hybridized carbons (Fsp3) is 0.250. The van der Waals surface area contributed by atoms with E-state index in [0.717, 1.165) is 0 Å². The van der Waals surface area contributed by atoms with E-state index in [-0.39, 0.29) is 0 Å². The van der Waals surface area contributed by atoms with E-state index in [0.29, 0.717) is 4.18 Å². The van der Waals surface area contributed by atoms with Gasteiger partial charge in [-0.05, 0) is 0 Å². The average molecular weight is 382 g/mol. The molecule has 105 valence electrons. The fourth-order valence-electron chi connectivity index (χ4n) is 2.26. The van der Waals surface area contributed by atoms with Crippen LogP contribution in [0.4, 0.5) is 0 Å². The Morgan fingerprint density at radius 3 is 1.50 bits per heavy atom.